The first-order chi connectivity index (χ1) is 7.89. The Bertz CT molecular complexity index is 259. The number of carboxylic acids is 1. The Kier molecular flexibility index (Phi) is 4.95. The van der Waals surface area contributed by atoms with E-state index in [1.165, 1.54) is 0 Å². The molecule has 0 amide bonds. The molecule has 1 saturated heterocycles. The summed E-state index contributed by atoms with van der Waals surface area (Å²) in [5, 5.41) is 9.48. The summed E-state index contributed by atoms with van der Waals surface area (Å²) in [6.45, 7) is 8.23. The third-order valence-corrected chi connectivity index (χ3v) is 4.12. The topological polar surface area (TPSA) is 49.8 Å². The zero-order valence-electron chi connectivity index (χ0n) is 11.4. The molecule has 1 heterocycles. The Labute approximate surface area is 104 Å². The van der Waals surface area contributed by atoms with E-state index in [4.69, 9.17) is 4.74 Å². The molecule has 1 fully saturated rings. The summed E-state index contributed by atoms with van der Waals surface area (Å²) in [6, 6.07) is 0.397. The van der Waals surface area contributed by atoms with Gasteiger partial charge in [-0.3, -0.25) is 4.79 Å². The second-order valence-electron chi connectivity index (χ2n) is 5.60. The molecular formula is C13H25NO3. The highest BCUT2D eigenvalue weighted by atomic mass is 16.5. The number of aliphatic carboxylic acids is 1. The number of hydrogen-bond acceptors (Lipinski definition) is 3. The predicted molar refractivity (Wildman–Crippen MR) is 67.1 cm³/mol. The van der Waals surface area contributed by atoms with Gasteiger partial charge >= 0.3 is 5.97 Å². The second-order valence-corrected chi connectivity index (χ2v) is 5.60. The molecule has 1 N–H and O–H groups in total. The molecule has 4 heteroatoms. The first-order valence-corrected chi connectivity index (χ1v) is 6.40. The van der Waals surface area contributed by atoms with Crippen LogP contribution in [0.3, 0.4) is 0 Å². The molecule has 1 atom stereocenters. The molecule has 17 heavy (non-hydrogen) atoms. The highest BCUT2D eigenvalue weighted by Crippen LogP contribution is 2.32. The summed E-state index contributed by atoms with van der Waals surface area (Å²) in [6.07, 6.45) is 1.25. The summed E-state index contributed by atoms with van der Waals surface area (Å²) >= 11 is 0. The minimum atomic E-state index is -0.677. The van der Waals surface area contributed by atoms with Crippen molar-refractivity contribution in [1.29, 1.82) is 0 Å². The molecule has 100 valence electrons. The van der Waals surface area contributed by atoms with Crippen LogP contribution in [0.4, 0.5) is 0 Å². The first kappa shape index (κ1) is 14.5. The SMILES string of the molecule is CC(C)C(C)N(C)CC1(C(=O)O)CCOCC1. The number of rotatable bonds is 5. The molecule has 0 spiro atoms. The van der Waals surface area contributed by atoms with E-state index in [1.807, 2.05) is 7.05 Å². The predicted octanol–water partition coefficient (Wildman–Crippen LogP) is 1.84. The van der Waals surface area contributed by atoms with Gasteiger partial charge in [0, 0.05) is 25.8 Å². The first-order valence-electron chi connectivity index (χ1n) is 6.40. The quantitative estimate of drug-likeness (QED) is 0.800. The molecule has 1 aliphatic rings. The highest BCUT2D eigenvalue weighted by Gasteiger charge is 2.41. The van der Waals surface area contributed by atoms with Crippen LogP contribution >= 0.6 is 0 Å². The van der Waals surface area contributed by atoms with E-state index in [-0.39, 0.29) is 0 Å². The average Bonchev–Trinajstić information content (AvgIpc) is 2.28. The van der Waals surface area contributed by atoms with Crippen LogP contribution in [-0.4, -0.2) is 48.8 Å². The van der Waals surface area contributed by atoms with Crippen molar-refractivity contribution in [3.05, 3.63) is 0 Å². The molecule has 0 aliphatic carbocycles. The van der Waals surface area contributed by atoms with Crippen LogP contribution in [0.1, 0.15) is 33.6 Å². The number of carboxylic acid groups (broad SMARTS) is 1. The van der Waals surface area contributed by atoms with Crippen LogP contribution in [0.25, 0.3) is 0 Å². The molecule has 0 aromatic rings. The molecule has 4 nitrogen and oxygen atoms in total. The van der Waals surface area contributed by atoms with E-state index in [2.05, 4.69) is 25.7 Å². The second kappa shape index (κ2) is 5.83. The lowest BCUT2D eigenvalue weighted by atomic mass is 9.79. The number of ether oxygens (including phenoxy) is 1. The fourth-order valence-electron chi connectivity index (χ4n) is 2.33. The van der Waals surface area contributed by atoms with Gasteiger partial charge in [-0.25, -0.2) is 0 Å². The van der Waals surface area contributed by atoms with Crippen molar-refractivity contribution in [2.45, 2.75) is 39.7 Å². The Morgan fingerprint density at radius 1 is 1.35 bits per heavy atom. The Morgan fingerprint density at radius 2 is 1.88 bits per heavy atom. The van der Waals surface area contributed by atoms with Crippen LogP contribution in [0.2, 0.25) is 0 Å². The largest absolute Gasteiger partial charge is 0.481 e. The summed E-state index contributed by atoms with van der Waals surface area (Å²) in [5.74, 6) is -0.144. The third kappa shape index (κ3) is 3.42. The molecule has 0 aromatic heterocycles. The standard InChI is InChI=1S/C13H25NO3/c1-10(2)11(3)14(4)9-13(12(15)16)5-7-17-8-6-13/h10-11H,5-9H2,1-4H3,(H,15,16). The van der Waals surface area contributed by atoms with Crippen molar-refractivity contribution in [3.8, 4) is 0 Å². The lowest BCUT2D eigenvalue weighted by Crippen LogP contribution is -2.48. The van der Waals surface area contributed by atoms with Crippen LogP contribution in [0.15, 0.2) is 0 Å². The van der Waals surface area contributed by atoms with Crippen LogP contribution in [-0.2, 0) is 9.53 Å². The van der Waals surface area contributed by atoms with E-state index in [0.29, 0.717) is 44.6 Å². The summed E-state index contributed by atoms with van der Waals surface area (Å²) in [7, 11) is 2.02. The number of hydrogen-bond donors (Lipinski definition) is 1. The summed E-state index contributed by atoms with van der Waals surface area (Å²) in [5.41, 5.74) is -0.615. The molecule has 1 unspecified atom stereocenters. The smallest absolute Gasteiger partial charge is 0.311 e. The lowest BCUT2D eigenvalue weighted by Gasteiger charge is -2.39. The molecule has 0 saturated carbocycles. The minimum Gasteiger partial charge on any atom is -0.481 e. The van der Waals surface area contributed by atoms with Crippen molar-refractivity contribution in [2.24, 2.45) is 11.3 Å². The number of carbonyl (C=O) groups is 1. The fourth-order valence-corrected chi connectivity index (χ4v) is 2.33. The van der Waals surface area contributed by atoms with Gasteiger partial charge in [-0.05, 0) is 32.7 Å². The molecule has 1 aliphatic heterocycles. The van der Waals surface area contributed by atoms with E-state index in [0.717, 1.165) is 0 Å². The normalized spacial score (nSPS) is 21.8. The van der Waals surface area contributed by atoms with Crippen LogP contribution < -0.4 is 0 Å². The molecule has 0 aromatic carbocycles. The fraction of sp³-hybridized carbons (Fsp3) is 0.923. The minimum absolute atomic E-state index is 0.397. The number of nitrogens with zero attached hydrogens (tertiary/aromatic N) is 1. The van der Waals surface area contributed by atoms with Crippen molar-refractivity contribution >= 4 is 5.97 Å². The molecule has 0 radical (unpaired) electrons. The van der Waals surface area contributed by atoms with Gasteiger partial charge in [-0.15, -0.1) is 0 Å². The van der Waals surface area contributed by atoms with E-state index >= 15 is 0 Å². The van der Waals surface area contributed by atoms with Gasteiger partial charge in [0.1, 0.15) is 0 Å². The Hall–Kier alpha value is -0.610. The van der Waals surface area contributed by atoms with E-state index < -0.39 is 11.4 Å². The van der Waals surface area contributed by atoms with Gasteiger partial charge in [0.15, 0.2) is 0 Å². The van der Waals surface area contributed by atoms with Crippen molar-refractivity contribution in [2.75, 3.05) is 26.8 Å². The molecular weight excluding hydrogens is 218 g/mol. The van der Waals surface area contributed by atoms with Crippen LogP contribution in [0.5, 0.6) is 0 Å². The Morgan fingerprint density at radius 3 is 2.29 bits per heavy atom. The molecule has 0 bridgehead atoms. The average molecular weight is 243 g/mol. The Balaban J connectivity index is 2.70. The van der Waals surface area contributed by atoms with Gasteiger partial charge in [0.25, 0.3) is 0 Å². The zero-order chi connectivity index (χ0) is 13.1. The van der Waals surface area contributed by atoms with E-state index in [9.17, 15) is 9.90 Å². The van der Waals surface area contributed by atoms with E-state index in [1.54, 1.807) is 0 Å². The monoisotopic (exact) mass is 243 g/mol. The third-order valence-electron chi connectivity index (χ3n) is 4.12. The van der Waals surface area contributed by atoms with Crippen molar-refractivity contribution in [1.82, 2.24) is 4.90 Å². The maximum Gasteiger partial charge on any atom is 0.311 e. The lowest BCUT2D eigenvalue weighted by molar-refractivity contribution is -0.157. The highest BCUT2D eigenvalue weighted by molar-refractivity contribution is 5.75. The van der Waals surface area contributed by atoms with Gasteiger partial charge in [-0.2, -0.15) is 0 Å². The van der Waals surface area contributed by atoms with Crippen LogP contribution in [0, 0.1) is 11.3 Å². The maximum absolute atomic E-state index is 11.5. The van der Waals surface area contributed by atoms with Gasteiger partial charge in [0.05, 0.1) is 5.41 Å². The maximum atomic E-state index is 11.5. The summed E-state index contributed by atoms with van der Waals surface area (Å²) < 4.78 is 5.28. The van der Waals surface area contributed by atoms with Crippen molar-refractivity contribution < 1.29 is 14.6 Å². The van der Waals surface area contributed by atoms with Gasteiger partial charge < -0.3 is 14.7 Å². The van der Waals surface area contributed by atoms with Gasteiger partial charge in [-0.1, -0.05) is 13.8 Å². The summed E-state index contributed by atoms with van der Waals surface area (Å²) in [4.78, 5) is 13.7. The van der Waals surface area contributed by atoms with Gasteiger partial charge in [0.2, 0.25) is 0 Å². The van der Waals surface area contributed by atoms with Crippen molar-refractivity contribution in [3.63, 3.8) is 0 Å². The molecule has 1 rings (SSSR count). The zero-order valence-corrected chi connectivity index (χ0v) is 11.4.